The fourth-order valence-electron chi connectivity index (χ4n) is 10.9. The van der Waals surface area contributed by atoms with Crippen molar-refractivity contribution in [3.63, 3.8) is 0 Å². The quantitative estimate of drug-likeness (QED) is 0.0989. The average Bonchev–Trinajstić information content (AvgIpc) is 3.03. The van der Waals surface area contributed by atoms with Gasteiger partial charge in [-0.25, -0.2) is 19.3 Å². The minimum Gasteiger partial charge on any atom is -0.445 e. The highest BCUT2D eigenvalue weighted by molar-refractivity contribution is 6.27. The van der Waals surface area contributed by atoms with Crippen LogP contribution in [0.4, 0.5) is 14.4 Å². The summed E-state index contributed by atoms with van der Waals surface area (Å²) < 4.78 is 17.6. The number of ketones is 1. The van der Waals surface area contributed by atoms with Crippen LogP contribution in [0.2, 0.25) is 0 Å². The summed E-state index contributed by atoms with van der Waals surface area (Å²) in [7, 11) is 0. The van der Waals surface area contributed by atoms with Crippen molar-refractivity contribution in [3.8, 4) is 0 Å². The number of carbonyl (C=O) groups excluding carboxylic acids is 5. The number of benzene rings is 1. The molecule has 8 aliphatic carbocycles. The fraction of sp³-hybridized carbons (Fsp3) is 0.676. The number of nitrogens with two attached hydrogens (primary N) is 1. The Bertz CT molecular complexity index is 1410. The van der Waals surface area contributed by atoms with E-state index in [0.717, 1.165) is 49.0 Å². The molecule has 0 heterocycles. The Labute approximate surface area is 286 Å². The van der Waals surface area contributed by atoms with E-state index in [9.17, 15) is 24.0 Å². The normalized spacial score (nSPS) is 34.2. The molecule has 8 bridgehead atoms. The van der Waals surface area contributed by atoms with E-state index in [4.69, 9.17) is 19.9 Å². The molecule has 12 nitrogen and oxygen atoms in total. The molecular formula is C37H48N4O8. The first kappa shape index (κ1) is 33.5. The zero-order chi connectivity index (χ0) is 34.2. The minimum absolute atomic E-state index is 0.00413. The number of hydrogen-bond donors (Lipinski definition) is 2. The van der Waals surface area contributed by atoms with Crippen LogP contribution < -0.4 is 11.1 Å². The maximum Gasteiger partial charge on any atom is 0.437 e. The first-order chi connectivity index (χ1) is 23.6. The van der Waals surface area contributed by atoms with Crippen LogP contribution in [0.25, 0.3) is 0 Å². The number of Topliss-reactive ketones (excluding diaryl/α,β-unsaturated/α-hetero) is 1. The van der Waals surface area contributed by atoms with Gasteiger partial charge < -0.3 is 25.3 Å². The minimum atomic E-state index is -1.18. The highest BCUT2D eigenvalue weighted by Crippen LogP contribution is 2.58. The molecule has 0 aliphatic heterocycles. The number of nitrogens with one attached hydrogen (secondary N) is 1. The summed E-state index contributed by atoms with van der Waals surface area (Å²) in [5.41, 5.74) is 6.07. The molecule has 0 radical (unpaired) electrons. The third kappa shape index (κ3) is 7.62. The summed E-state index contributed by atoms with van der Waals surface area (Å²) in [6.07, 6.45) is 9.99. The molecule has 1 aromatic rings. The van der Waals surface area contributed by atoms with Crippen LogP contribution in [-0.4, -0.2) is 65.0 Å². The van der Waals surface area contributed by atoms with Crippen LogP contribution in [0.1, 0.15) is 95.5 Å². The van der Waals surface area contributed by atoms with E-state index < -0.39 is 41.3 Å². The van der Waals surface area contributed by atoms with E-state index in [2.05, 4.69) is 10.3 Å². The number of hydrogen-bond acceptors (Lipinski definition) is 8. The van der Waals surface area contributed by atoms with Gasteiger partial charge in [-0.3, -0.25) is 9.59 Å². The Morgan fingerprint density at radius 1 is 0.837 bits per heavy atom. The van der Waals surface area contributed by atoms with Crippen LogP contribution in [0, 0.1) is 35.5 Å². The van der Waals surface area contributed by atoms with Crippen LogP contribution >= 0.6 is 0 Å². The van der Waals surface area contributed by atoms with Crippen molar-refractivity contribution in [1.82, 2.24) is 10.2 Å². The topological polar surface area (TPSA) is 167 Å². The van der Waals surface area contributed by atoms with Gasteiger partial charge in [0.1, 0.15) is 17.8 Å². The molecule has 8 aliphatic rings. The third-order valence-electron chi connectivity index (χ3n) is 12.1. The predicted molar refractivity (Wildman–Crippen MR) is 177 cm³/mol. The van der Waals surface area contributed by atoms with Crippen molar-refractivity contribution in [2.24, 2.45) is 46.2 Å². The molecule has 49 heavy (non-hydrogen) atoms. The van der Waals surface area contributed by atoms with Gasteiger partial charge in [0.25, 0.3) is 0 Å². The zero-order valence-electron chi connectivity index (χ0n) is 28.1. The largest absolute Gasteiger partial charge is 0.445 e. The number of rotatable bonds is 11. The highest BCUT2D eigenvalue weighted by atomic mass is 16.6. The van der Waals surface area contributed by atoms with Crippen molar-refractivity contribution in [2.45, 2.75) is 114 Å². The number of ether oxygens (including phenoxy) is 3. The van der Waals surface area contributed by atoms with Crippen LogP contribution in [0.3, 0.4) is 0 Å². The molecule has 264 valence electrons. The lowest BCUT2D eigenvalue weighted by Crippen LogP contribution is -2.55. The van der Waals surface area contributed by atoms with Crippen LogP contribution in [0.15, 0.2) is 35.3 Å². The van der Waals surface area contributed by atoms with E-state index >= 15 is 0 Å². The van der Waals surface area contributed by atoms with E-state index in [1.54, 1.807) is 12.1 Å². The predicted octanol–water partition coefficient (Wildman–Crippen LogP) is 5.66. The smallest absolute Gasteiger partial charge is 0.437 e. The van der Waals surface area contributed by atoms with E-state index in [1.807, 2.05) is 18.2 Å². The number of amides is 3. The van der Waals surface area contributed by atoms with Gasteiger partial charge in [-0.1, -0.05) is 30.3 Å². The number of alkyl carbamates (subject to hydrolysis) is 1. The summed E-state index contributed by atoms with van der Waals surface area (Å²) in [5, 5.41) is 2.47. The number of nitrogens with zero attached hydrogens (tertiary/aromatic N) is 2. The monoisotopic (exact) mass is 676 g/mol. The molecule has 3 amide bonds. The summed E-state index contributed by atoms with van der Waals surface area (Å²) in [4.78, 5) is 68.8. The number of aldehydes is 1. The Morgan fingerprint density at radius 3 is 1.86 bits per heavy atom. The fourth-order valence-corrected chi connectivity index (χ4v) is 10.9. The maximum absolute atomic E-state index is 13.9. The lowest BCUT2D eigenvalue weighted by molar-refractivity contribution is -0.131. The van der Waals surface area contributed by atoms with Gasteiger partial charge in [-0.2, -0.15) is 0 Å². The summed E-state index contributed by atoms with van der Waals surface area (Å²) in [5.74, 6) is 2.15. The van der Waals surface area contributed by atoms with Crippen molar-refractivity contribution in [2.75, 3.05) is 6.54 Å². The van der Waals surface area contributed by atoms with E-state index in [-0.39, 0.29) is 38.2 Å². The van der Waals surface area contributed by atoms with Gasteiger partial charge in [0.05, 0.1) is 6.04 Å². The Morgan fingerprint density at radius 2 is 1.35 bits per heavy atom. The SMILES string of the molecule is N/C(=N/C(=O)OC12CC3CC(CC(C3)C1)C2)N(CCC[C@H](NC(=O)OCc1ccccc1)C(=O)C=O)C(=O)OC12CC3CC(CC(C3)C1)C2. The lowest BCUT2D eigenvalue weighted by Gasteiger charge is -2.55. The molecule has 12 heteroatoms. The molecule has 3 N–H and O–H groups in total. The average molecular weight is 677 g/mol. The third-order valence-corrected chi connectivity index (χ3v) is 12.1. The lowest BCUT2D eigenvalue weighted by atomic mass is 9.54. The number of aliphatic imine (C=N–C) groups is 1. The molecule has 1 atom stereocenters. The molecule has 0 saturated heterocycles. The van der Waals surface area contributed by atoms with Gasteiger partial charge in [-0.15, -0.1) is 4.99 Å². The second-order valence-corrected chi connectivity index (χ2v) is 16.0. The summed E-state index contributed by atoms with van der Waals surface area (Å²) in [6, 6.07) is 7.88. The zero-order valence-corrected chi connectivity index (χ0v) is 28.1. The molecule has 8 fully saturated rings. The number of carbonyl (C=O) groups is 5. The summed E-state index contributed by atoms with van der Waals surface area (Å²) in [6.45, 7) is -0.0699. The van der Waals surface area contributed by atoms with Gasteiger partial charge in [0, 0.05) is 6.54 Å². The Balaban J connectivity index is 1.02. The van der Waals surface area contributed by atoms with Gasteiger partial charge >= 0.3 is 18.3 Å². The standard InChI is InChI=1S/C37H48N4O8/c38-32(40-34(45)48-36-15-24-9-25(16-36)11-26(10-24)17-36)41(35(46)49-37-18-27-12-28(19-37)14-29(13-27)20-37)8-4-7-30(31(43)21-42)39-33(44)47-22-23-5-2-1-3-6-23/h1-3,5-6,21,24-30H,4,7-20,22H2,(H,39,44)(H2,38,40,45)/t24?,25?,26?,27?,28?,29?,30-,36?,37?/m0/s1. The van der Waals surface area contributed by atoms with Crippen molar-refractivity contribution in [1.29, 1.82) is 0 Å². The van der Waals surface area contributed by atoms with Crippen molar-refractivity contribution in [3.05, 3.63) is 35.9 Å². The van der Waals surface area contributed by atoms with Gasteiger partial charge in [0.15, 0.2) is 6.29 Å². The second kappa shape index (κ2) is 13.7. The van der Waals surface area contributed by atoms with E-state index in [0.29, 0.717) is 35.5 Å². The molecule has 0 aromatic heterocycles. The van der Waals surface area contributed by atoms with Gasteiger partial charge in [-0.05, 0) is 131 Å². The highest BCUT2D eigenvalue weighted by Gasteiger charge is 2.55. The maximum atomic E-state index is 13.9. The van der Waals surface area contributed by atoms with E-state index in [1.165, 1.54) is 38.5 Å². The molecule has 1 aromatic carbocycles. The molecule has 0 unspecified atom stereocenters. The Kier molecular flexibility index (Phi) is 9.41. The van der Waals surface area contributed by atoms with Crippen LogP contribution in [0.5, 0.6) is 0 Å². The summed E-state index contributed by atoms with van der Waals surface area (Å²) >= 11 is 0. The van der Waals surface area contributed by atoms with Gasteiger partial charge in [0.2, 0.25) is 11.7 Å². The van der Waals surface area contributed by atoms with Crippen molar-refractivity contribution >= 4 is 36.3 Å². The van der Waals surface area contributed by atoms with Crippen LogP contribution in [-0.2, 0) is 30.4 Å². The first-order valence-corrected chi connectivity index (χ1v) is 18.1. The molecule has 9 rings (SSSR count). The molecule has 8 saturated carbocycles. The Hall–Kier alpha value is -3.96. The molecular weight excluding hydrogens is 628 g/mol. The second-order valence-electron chi connectivity index (χ2n) is 16.0. The van der Waals surface area contributed by atoms with Crippen molar-refractivity contribution < 1.29 is 38.2 Å². The molecule has 0 spiro atoms. The first-order valence-electron chi connectivity index (χ1n) is 18.1. The number of guanidine groups is 1.